The largest absolute Gasteiger partial charge is 0.285 e. The van der Waals surface area contributed by atoms with Crippen LogP contribution in [0, 0.1) is 6.92 Å². The summed E-state index contributed by atoms with van der Waals surface area (Å²) in [6.45, 7) is 1.97. The second-order valence-corrected chi connectivity index (χ2v) is 7.95. The Morgan fingerprint density at radius 1 is 0.906 bits per heavy atom. The van der Waals surface area contributed by atoms with Crippen molar-refractivity contribution in [2.75, 3.05) is 0 Å². The third-order valence-electron chi connectivity index (χ3n) is 5.35. The first-order valence-electron chi connectivity index (χ1n) is 10.0. The summed E-state index contributed by atoms with van der Waals surface area (Å²) in [4.78, 5) is 14.2. The van der Waals surface area contributed by atoms with Gasteiger partial charge in [-0.2, -0.15) is 10.2 Å². The number of halogens is 1. The van der Waals surface area contributed by atoms with Crippen LogP contribution < -0.4 is 0 Å². The number of aryl methyl sites for hydroxylation is 1. The van der Waals surface area contributed by atoms with Crippen molar-refractivity contribution in [2.45, 2.75) is 6.92 Å². The zero-order chi connectivity index (χ0) is 21.7. The van der Waals surface area contributed by atoms with Crippen molar-refractivity contribution in [1.29, 1.82) is 0 Å². The standard InChI is InChI=1S/C24H16ClN7/c1-14-3-2-4-20(29-14)24-23(22-8-5-17(25)13-32(22)31-24)19-7-6-18-21(30-19)9-15(10-26-18)16-11-27-28-12-16/h2-13H,1H3,(H,27,28). The Balaban J connectivity index is 1.60. The first-order chi connectivity index (χ1) is 15.7. The average molecular weight is 438 g/mol. The first-order valence-corrected chi connectivity index (χ1v) is 10.4. The highest BCUT2D eigenvalue weighted by atomic mass is 35.5. The Bertz CT molecular complexity index is 1600. The average Bonchev–Trinajstić information content (AvgIpc) is 3.46. The molecular weight excluding hydrogens is 422 g/mol. The van der Waals surface area contributed by atoms with Gasteiger partial charge in [0.25, 0.3) is 0 Å². The number of nitrogens with zero attached hydrogens (tertiary/aromatic N) is 6. The van der Waals surface area contributed by atoms with E-state index in [1.807, 2.05) is 67.8 Å². The first kappa shape index (κ1) is 18.7. The zero-order valence-corrected chi connectivity index (χ0v) is 17.7. The van der Waals surface area contributed by atoms with Gasteiger partial charge < -0.3 is 0 Å². The third-order valence-corrected chi connectivity index (χ3v) is 5.57. The fraction of sp³-hybridized carbons (Fsp3) is 0.0417. The molecule has 0 fully saturated rings. The zero-order valence-electron chi connectivity index (χ0n) is 17.0. The Kier molecular flexibility index (Phi) is 4.22. The number of H-pyrrole nitrogens is 1. The molecule has 0 aliphatic heterocycles. The van der Waals surface area contributed by atoms with Gasteiger partial charge >= 0.3 is 0 Å². The molecule has 0 spiro atoms. The van der Waals surface area contributed by atoms with E-state index < -0.39 is 0 Å². The molecule has 0 saturated carbocycles. The highest BCUT2D eigenvalue weighted by Crippen LogP contribution is 2.35. The molecule has 0 aliphatic rings. The minimum Gasteiger partial charge on any atom is -0.285 e. The monoisotopic (exact) mass is 437 g/mol. The Labute approximate surface area is 187 Å². The van der Waals surface area contributed by atoms with Crippen molar-refractivity contribution in [3.63, 3.8) is 0 Å². The van der Waals surface area contributed by atoms with Crippen molar-refractivity contribution in [3.05, 3.63) is 84.0 Å². The molecule has 6 rings (SSSR count). The number of fused-ring (bicyclic) bond motifs is 2. The molecule has 0 unspecified atom stereocenters. The summed E-state index contributed by atoms with van der Waals surface area (Å²) in [6.07, 6.45) is 7.22. The van der Waals surface area contributed by atoms with E-state index in [2.05, 4.69) is 15.2 Å². The van der Waals surface area contributed by atoms with E-state index in [1.165, 1.54) is 0 Å². The van der Waals surface area contributed by atoms with Crippen LogP contribution in [-0.2, 0) is 0 Å². The lowest BCUT2D eigenvalue weighted by Crippen LogP contribution is -1.92. The van der Waals surface area contributed by atoms with Crippen LogP contribution in [0.25, 0.3) is 50.3 Å². The van der Waals surface area contributed by atoms with Crippen LogP contribution in [0.5, 0.6) is 0 Å². The van der Waals surface area contributed by atoms with Gasteiger partial charge in [0.05, 0.1) is 44.7 Å². The van der Waals surface area contributed by atoms with Gasteiger partial charge in [-0.25, -0.2) is 9.50 Å². The molecule has 0 radical (unpaired) electrons. The summed E-state index contributed by atoms with van der Waals surface area (Å²) >= 11 is 6.23. The maximum Gasteiger partial charge on any atom is 0.121 e. The molecule has 154 valence electrons. The molecule has 6 aromatic rings. The summed E-state index contributed by atoms with van der Waals surface area (Å²) in [5, 5.41) is 12.3. The Hall–Kier alpha value is -4.10. The molecule has 8 heteroatoms. The van der Waals surface area contributed by atoms with E-state index >= 15 is 0 Å². The van der Waals surface area contributed by atoms with Crippen molar-refractivity contribution < 1.29 is 0 Å². The molecule has 0 atom stereocenters. The second kappa shape index (κ2) is 7.25. The predicted molar refractivity (Wildman–Crippen MR) is 124 cm³/mol. The number of aromatic nitrogens is 7. The van der Waals surface area contributed by atoms with E-state index in [1.54, 1.807) is 16.9 Å². The molecule has 0 saturated heterocycles. The van der Waals surface area contributed by atoms with E-state index in [9.17, 15) is 0 Å². The number of pyridine rings is 4. The smallest absolute Gasteiger partial charge is 0.121 e. The van der Waals surface area contributed by atoms with Crippen molar-refractivity contribution in [2.24, 2.45) is 0 Å². The van der Waals surface area contributed by atoms with E-state index in [0.717, 1.165) is 56.0 Å². The van der Waals surface area contributed by atoms with Gasteiger partial charge in [0.2, 0.25) is 0 Å². The number of aromatic amines is 1. The number of nitrogens with one attached hydrogen (secondary N) is 1. The molecular formula is C24H16ClN7. The Morgan fingerprint density at radius 2 is 1.84 bits per heavy atom. The molecule has 0 aromatic carbocycles. The molecule has 0 bridgehead atoms. The highest BCUT2D eigenvalue weighted by molar-refractivity contribution is 6.30. The van der Waals surface area contributed by atoms with Crippen LogP contribution in [-0.4, -0.2) is 34.8 Å². The van der Waals surface area contributed by atoms with Crippen LogP contribution in [0.4, 0.5) is 0 Å². The fourth-order valence-corrected chi connectivity index (χ4v) is 4.00. The number of rotatable bonds is 3. The van der Waals surface area contributed by atoms with Crippen molar-refractivity contribution in [1.82, 2.24) is 34.8 Å². The van der Waals surface area contributed by atoms with Gasteiger partial charge in [-0.1, -0.05) is 17.7 Å². The van der Waals surface area contributed by atoms with E-state index in [4.69, 9.17) is 26.7 Å². The summed E-state index contributed by atoms with van der Waals surface area (Å²) < 4.78 is 1.78. The molecule has 32 heavy (non-hydrogen) atoms. The lowest BCUT2D eigenvalue weighted by molar-refractivity contribution is 0.961. The van der Waals surface area contributed by atoms with Crippen LogP contribution >= 0.6 is 11.6 Å². The molecule has 6 heterocycles. The van der Waals surface area contributed by atoms with Gasteiger partial charge in [-0.05, 0) is 49.4 Å². The van der Waals surface area contributed by atoms with Gasteiger partial charge in [-0.15, -0.1) is 0 Å². The van der Waals surface area contributed by atoms with E-state index in [0.29, 0.717) is 5.02 Å². The fourth-order valence-electron chi connectivity index (χ4n) is 3.84. The van der Waals surface area contributed by atoms with Gasteiger partial charge in [0.15, 0.2) is 0 Å². The maximum absolute atomic E-state index is 6.23. The van der Waals surface area contributed by atoms with Gasteiger partial charge in [0, 0.05) is 35.4 Å². The molecule has 6 aromatic heterocycles. The van der Waals surface area contributed by atoms with Crippen molar-refractivity contribution in [3.8, 4) is 33.8 Å². The predicted octanol–water partition coefficient (Wildman–Crippen LogP) is 5.36. The highest BCUT2D eigenvalue weighted by Gasteiger charge is 2.19. The Morgan fingerprint density at radius 3 is 2.69 bits per heavy atom. The lowest BCUT2D eigenvalue weighted by Gasteiger charge is -2.06. The molecule has 0 aliphatic carbocycles. The third kappa shape index (κ3) is 3.11. The summed E-state index contributed by atoms with van der Waals surface area (Å²) in [6, 6.07) is 15.7. The SMILES string of the molecule is Cc1cccc(-c2nn3cc(Cl)ccc3c2-c2ccc3ncc(-c4cn[nH]c4)cc3n2)n1. The minimum absolute atomic E-state index is 0.607. The van der Waals surface area contributed by atoms with Crippen LogP contribution in [0.2, 0.25) is 5.02 Å². The normalized spacial score (nSPS) is 11.4. The molecule has 7 nitrogen and oxygen atoms in total. The van der Waals surface area contributed by atoms with Crippen molar-refractivity contribution >= 4 is 28.2 Å². The number of hydrogen-bond acceptors (Lipinski definition) is 5. The van der Waals surface area contributed by atoms with E-state index in [-0.39, 0.29) is 0 Å². The van der Waals surface area contributed by atoms with Crippen LogP contribution in [0.1, 0.15) is 5.69 Å². The summed E-state index contributed by atoms with van der Waals surface area (Å²) in [5.41, 5.74) is 8.56. The van der Waals surface area contributed by atoms with Gasteiger partial charge in [0.1, 0.15) is 5.69 Å². The summed E-state index contributed by atoms with van der Waals surface area (Å²) in [5.74, 6) is 0. The topological polar surface area (TPSA) is 84.6 Å². The second-order valence-electron chi connectivity index (χ2n) is 7.51. The van der Waals surface area contributed by atoms with Crippen LogP contribution in [0.3, 0.4) is 0 Å². The maximum atomic E-state index is 6.23. The lowest BCUT2D eigenvalue weighted by atomic mass is 10.1. The van der Waals surface area contributed by atoms with Gasteiger partial charge in [-0.3, -0.25) is 15.1 Å². The number of hydrogen-bond donors (Lipinski definition) is 1. The minimum atomic E-state index is 0.607. The van der Waals surface area contributed by atoms with Crippen LogP contribution in [0.15, 0.2) is 73.3 Å². The quantitative estimate of drug-likeness (QED) is 0.403. The summed E-state index contributed by atoms with van der Waals surface area (Å²) in [7, 11) is 0. The molecule has 0 amide bonds. The molecule has 1 N–H and O–H groups in total.